The van der Waals surface area contributed by atoms with Crippen molar-refractivity contribution in [1.29, 1.82) is 0 Å². The van der Waals surface area contributed by atoms with Crippen molar-refractivity contribution in [3.8, 4) is 0 Å². The number of hydrogen-bond acceptors (Lipinski definition) is 1. The summed E-state index contributed by atoms with van der Waals surface area (Å²) in [6.45, 7) is 5.91. The van der Waals surface area contributed by atoms with Crippen LogP contribution in [0.4, 0.5) is 4.39 Å². The third-order valence-corrected chi connectivity index (χ3v) is 1.61. The normalized spacial score (nSPS) is 15.8. The van der Waals surface area contributed by atoms with Crippen molar-refractivity contribution in [3.63, 3.8) is 0 Å². The molecule has 0 aliphatic heterocycles. The lowest BCUT2D eigenvalue weighted by atomic mass is 10.1. The van der Waals surface area contributed by atoms with Gasteiger partial charge in [0.15, 0.2) is 0 Å². The molecule has 0 radical (unpaired) electrons. The van der Waals surface area contributed by atoms with E-state index in [1.54, 1.807) is 0 Å². The summed E-state index contributed by atoms with van der Waals surface area (Å²) >= 11 is 4.93. The maximum atomic E-state index is 12.1. The van der Waals surface area contributed by atoms with Crippen molar-refractivity contribution in [3.05, 3.63) is 0 Å². The first-order valence-corrected chi connectivity index (χ1v) is 4.45. The Balaban J connectivity index is 3.69. The Morgan fingerprint density at radius 1 is 1.50 bits per heavy atom. The minimum atomic E-state index is -1.93. The maximum absolute atomic E-state index is 12.1. The summed E-state index contributed by atoms with van der Waals surface area (Å²) in [5.41, 5.74) is -1.93. The van der Waals surface area contributed by atoms with Crippen LogP contribution >= 0.6 is 11.6 Å². The number of rotatable bonds is 4. The van der Waals surface area contributed by atoms with Crippen molar-refractivity contribution >= 4 is 17.5 Å². The molecule has 0 fully saturated rings. The third kappa shape index (κ3) is 5.35. The van der Waals surface area contributed by atoms with Gasteiger partial charge >= 0.3 is 0 Å². The van der Waals surface area contributed by atoms with Crippen LogP contribution in [0, 0.1) is 5.92 Å². The number of halogens is 2. The highest BCUT2D eigenvalue weighted by Crippen LogP contribution is 2.05. The minimum Gasteiger partial charge on any atom is -0.350 e. The molecule has 12 heavy (non-hydrogen) atoms. The molecule has 72 valence electrons. The molecule has 4 heteroatoms. The van der Waals surface area contributed by atoms with Crippen LogP contribution in [0.1, 0.15) is 27.2 Å². The quantitative estimate of drug-likeness (QED) is 0.684. The van der Waals surface area contributed by atoms with E-state index in [2.05, 4.69) is 5.32 Å². The number of nitrogens with one attached hydrogen (secondary N) is 1. The summed E-state index contributed by atoms with van der Waals surface area (Å²) < 4.78 is 12.1. The molecular formula is C8H15ClFNO. The van der Waals surface area contributed by atoms with Crippen LogP contribution in [0.2, 0.25) is 0 Å². The lowest BCUT2D eigenvalue weighted by Crippen LogP contribution is -2.37. The van der Waals surface area contributed by atoms with Crippen molar-refractivity contribution in [2.75, 3.05) is 0 Å². The predicted octanol–water partition coefficient (Wildman–Crippen LogP) is 2.07. The highest BCUT2D eigenvalue weighted by atomic mass is 35.5. The second-order valence-electron chi connectivity index (χ2n) is 3.34. The Morgan fingerprint density at radius 3 is 2.33 bits per heavy atom. The van der Waals surface area contributed by atoms with E-state index >= 15 is 0 Å². The fourth-order valence-electron chi connectivity index (χ4n) is 1.07. The van der Waals surface area contributed by atoms with Crippen molar-refractivity contribution in [2.24, 2.45) is 5.92 Å². The third-order valence-electron chi connectivity index (χ3n) is 1.41. The molecule has 0 saturated carbocycles. The highest BCUT2D eigenvalue weighted by molar-refractivity contribution is 6.29. The van der Waals surface area contributed by atoms with Gasteiger partial charge in [-0.25, -0.2) is 4.39 Å². The smallest absolute Gasteiger partial charge is 0.270 e. The van der Waals surface area contributed by atoms with Gasteiger partial charge in [0, 0.05) is 6.04 Å². The number of hydrogen-bond donors (Lipinski definition) is 1. The van der Waals surface area contributed by atoms with E-state index in [-0.39, 0.29) is 6.04 Å². The van der Waals surface area contributed by atoms with Crippen LogP contribution in [-0.2, 0) is 4.79 Å². The molecule has 0 heterocycles. The Labute approximate surface area is 77.5 Å². The second-order valence-corrected chi connectivity index (χ2v) is 3.72. The standard InChI is InChI=1S/C8H15ClFNO/c1-5(2)4-6(3)11-8(12)7(9)10/h5-7H,4H2,1-3H3,(H,11,12)/t6-,7?/m0/s1. The second kappa shape index (κ2) is 5.36. The Morgan fingerprint density at radius 2 is 2.00 bits per heavy atom. The number of amides is 1. The zero-order valence-corrected chi connectivity index (χ0v) is 8.36. The van der Waals surface area contributed by atoms with E-state index in [0.717, 1.165) is 6.42 Å². The van der Waals surface area contributed by atoms with Crippen LogP contribution in [0.15, 0.2) is 0 Å². The molecule has 0 saturated heterocycles. The van der Waals surface area contributed by atoms with Crippen molar-refractivity contribution in [1.82, 2.24) is 5.32 Å². The van der Waals surface area contributed by atoms with Gasteiger partial charge in [0.25, 0.3) is 11.5 Å². The maximum Gasteiger partial charge on any atom is 0.270 e. The summed E-state index contributed by atoms with van der Waals surface area (Å²) in [6.07, 6.45) is 0.829. The molecule has 1 N–H and O–H groups in total. The molecule has 0 spiro atoms. The molecular weight excluding hydrogens is 181 g/mol. The van der Waals surface area contributed by atoms with E-state index in [0.29, 0.717) is 5.92 Å². The van der Waals surface area contributed by atoms with Crippen molar-refractivity contribution < 1.29 is 9.18 Å². The summed E-state index contributed by atoms with van der Waals surface area (Å²) in [5, 5.41) is 2.46. The monoisotopic (exact) mass is 195 g/mol. The zero-order chi connectivity index (χ0) is 9.72. The first kappa shape index (κ1) is 11.7. The lowest BCUT2D eigenvalue weighted by Gasteiger charge is -2.15. The summed E-state index contributed by atoms with van der Waals surface area (Å²) in [5.74, 6) is -0.265. The molecule has 0 aliphatic rings. The first-order valence-electron chi connectivity index (χ1n) is 4.02. The van der Waals surface area contributed by atoms with Crippen LogP contribution < -0.4 is 5.32 Å². The minimum absolute atomic E-state index is 0.0190. The Bertz CT molecular complexity index is 150. The lowest BCUT2D eigenvalue weighted by molar-refractivity contribution is -0.124. The highest BCUT2D eigenvalue weighted by Gasteiger charge is 2.15. The average Bonchev–Trinajstić information content (AvgIpc) is 1.84. The Hall–Kier alpha value is -0.310. The summed E-state index contributed by atoms with van der Waals surface area (Å²) in [4.78, 5) is 10.7. The molecule has 0 aliphatic carbocycles. The van der Waals surface area contributed by atoms with Crippen LogP contribution in [-0.4, -0.2) is 17.6 Å². The van der Waals surface area contributed by atoms with E-state index < -0.39 is 11.5 Å². The van der Waals surface area contributed by atoms with Crippen molar-refractivity contribution in [2.45, 2.75) is 38.9 Å². The van der Waals surface area contributed by atoms with Gasteiger partial charge < -0.3 is 5.32 Å². The first-order chi connectivity index (χ1) is 5.43. The van der Waals surface area contributed by atoms with E-state index in [4.69, 9.17) is 11.6 Å². The van der Waals surface area contributed by atoms with Crippen LogP contribution in [0.3, 0.4) is 0 Å². The van der Waals surface area contributed by atoms with Crippen LogP contribution in [0.5, 0.6) is 0 Å². The van der Waals surface area contributed by atoms with Gasteiger partial charge in [0.05, 0.1) is 0 Å². The van der Waals surface area contributed by atoms with E-state index in [1.165, 1.54) is 0 Å². The SMILES string of the molecule is CC(C)C[C@H](C)NC(=O)C(F)Cl. The average molecular weight is 196 g/mol. The van der Waals surface area contributed by atoms with Gasteiger partial charge in [-0.15, -0.1) is 0 Å². The molecule has 0 bridgehead atoms. The largest absolute Gasteiger partial charge is 0.350 e. The summed E-state index contributed by atoms with van der Waals surface area (Å²) in [7, 11) is 0. The van der Waals surface area contributed by atoms with E-state index in [9.17, 15) is 9.18 Å². The Kier molecular flexibility index (Phi) is 5.22. The molecule has 0 aromatic rings. The fourth-order valence-corrected chi connectivity index (χ4v) is 1.13. The number of alkyl halides is 2. The summed E-state index contributed by atoms with van der Waals surface area (Å²) in [6, 6.07) is -0.0190. The molecule has 0 aromatic carbocycles. The topological polar surface area (TPSA) is 29.1 Å². The number of carbonyl (C=O) groups is 1. The molecule has 0 aromatic heterocycles. The van der Waals surface area contributed by atoms with Gasteiger partial charge in [-0.05, 0) is 19.3 Å². The van der Waals surface area contributed by atoms with Gasteiger partial charge in [0.2, 0.25) is 0 Å². The number of carbonyl (C=O) groups excluding carboxylic acids is 1. The molecule has 2 nitrogen and oxygen atoms in total. The van der Waals surface area contributed by atoms with Crippen LogP contribution in [0.25, 0.3) is 0 Å². The van der Waals surface area contributed by atoms with E-state index in [1.807, 2.05) is 20.8 Å². The zero-order valence-electron chi connectivity index (χ0n) is 7.60. The van der Waals surface area contributed by atoms with Gasteiger partial charge in [-0.3, -0.25) is 4.79 Å². The molecule has 1 unspecified atom stereocenters. The molecule has 1 amide bonds. The predicted molar refractivity (Wildman–Crippen MR) is 47.8 cm³/mol. The molecule has 2 atom stereocenters. The van der Waals surface area contributed by atoms with Gasteiger partial charge in [-0.2, -0.15) is 0 Å². The molecule has 0 rings (SSSR count). The van der Waals surface area contributed by atoms with Gasteiger partial charge in [0.1, 0.15) is 0 Å². The fraction of sp³-hybridized carbons (Fsp3) is 0.875. The van der Waals surface area contributed by atoms with Gasteiger partial charge in [-0.1, -0.05) is 25.4 Å².